The summed E-state index contributed by atoms with van der Waals surface area (Å²) < 4.78 is 5.39. The Kier molecular flexibility index (Phi) is 4.42. The minimum atomic E-state index is -0.886. The van der Waals surface area contributed by atoms with Crippen molar-refractivity contribution >= 4 is 23.5 Å². The number of carboxylic acids is 1. The third-order valence-electron chi connectivity index (χ3n) is 5.19. The fraction of sp³-hybridized carbons (Fsp3) is 0.300. The maximum Gasteiger partial charge on any atom is 0.308 e. The summed E-state index contributed by atoms with van der Waals surface area (Å²) in [4.78, 5) is 26.3. The quantitative estimate of drug-likeness (QED) is 0.898. The Bertz CT molecular complexity index is 865. The highest BCUT2D eigenvalue weighted by Gasteiger charge is 2.40. The van der Waals surface area contributed by atoms with E-state index in [1.54, 1.807) is 23.1 Å². The molecule has 2 atom stereocenters. The van der Waals surface area contributed by atoms with Crippen LogP contribution in [0.15, 0.2) is 42.5 Å². The van der Waals surface area contributed by atoms with Crippen LogP contribution in [0.1, 0.15) is 33.0 Å². The minimum Gasteiger partial charge on any atom is -0.481 e. The van der Waals surface area contributed by atoms with Crippen LogP contribution in [-0.4, -0.2) is 35.0 Å². The molecule has 1 fully saturated rings. The number of carbonyl (C=O) groups excluding carboxylic acids is 1. The van der Waals surface area contributed by atoms with E-state index in [1.807, 2.05) is 24.3 Å². The van der Waals surface area contributed by atoms with E-state index in [0.717, 1.165) is 16.7 Å². The lowest BCUT2D eigenvalue weighted by Gasteiger charge is -2.17. The molecule has 2 aliphatic heterocycles. The van der Waals surface area contributed by atoms with E-state index in [1.165, 1.54) is 0 Å². The Morgan fingerprint density at radius 1 is 1.04 bits per heavy atom. The monoisotopic (exact) mass is 371 g/mol. The van der Waals surface area contributed by atoms with Gasteiger partial charge >= 0.3 is 5.97 Å². The Hall–Kier alpha value is -2.37. The first-order valence-electron chi connectivity index (χ1n) is 8.50. The van der Waals surface area contributed by atoms with Gasteiger partial charge in [0.2, 0.25) is 0 Å². The maximum atomic E-state index is 12.9. The fourth-order valence-corrected chi connectivity index (χ4v) is 3.88. The van der Waals surface area contributed by atoms with E-state index in [-0.39, 0.29) is 18.4 Å². The number of benzene rings is 2. The molecule has 134 valence electrons. The van der Waals surface area contributed by atoms with Gasteiger partial charge in [0.1, 0.15) is 0 Å². The molecular formula is C20H18ClNO4. The Morgan fingerprint density at radius 2 is 1.77 bits per heavy atom. The van der Waals surface area contributed by atoms with Crippen molar-refractivity contribution in [1.29, 1.82) is 0 Å². The lowest BCUT2D eigenvalue weighted by Crippen LogP contribution is -2.30. The van der Waals surface area contributed by atoms with Crippen LogP contribution in [0.3, 0.4) is 0 Å². The van der Waals surface area contributed by atoms with E-state index >= 15 is 0 Å². The summed E-state index contributed by atoms with van der Waals surface area (Å²) in [6.45, 7) is 1.68. The number of hydrogen-bond donors (Lipinski definition) is 1. The van der Waals surface area contributed by atoms with Crippen molar-refractivity contribution in [1.82, 2.24) is 4.90 Å². The fourth-order valence-electron chi connectivity index (χ4n) is 3.76. The summed E-state index contributed by atoms with van der Waals surface area (Å²) in [5, 5.41) is 10.2. The van der Waals surface area contributed by atoms with Gasteiger partial charge in [-0.2, -0.15) is 0 Å². The molecule has 1 N–H and O–H groups in total. The second-order valence-corrected chi connectivity index (χ2v) is 7.23. The van der Waals surface area contributed by atoms with E-state index in [9.17, 15) is 14.7 Å². The summed E-state index contributed by atoms with van der Waals surface area (Å²) >= 11 is 5.93. The molecule has 0 radical (unpaired) electrons. The molecule has 0 unspecified atom stereocenters. The SMILES string of the molecule is O=C(O)[C@@H]1CN(C(=O)c2ccc3c(c2)COC3)C[C@H]1c1ccc(Cl)cc1. The van der Waals surface area contributed by atoms with Crippen LogP contribution in [0.25, 0.3) is 0 Å². The van der Waals surface area contributed by atoms with E-state index in [0.29, 0.717) is 30.3 Å². The van der Waals surface area contributed by atoms with Crippen LogP contribution in [0.5, 0.6) is 0 Å². The van der Waals surface area contributed by atoms with Crippen molar-refractivity contribution in [3.05, 3.63) is 69.7 Å². The maximum absolute atomic E-state index is 12.9. The number of amides is 1. The molecule has 0 bridgehead atoms. The van der Waals surface area contributed by atoms with E-state index in [4.69, 9.17) is 16.3 Å². The molecule has 0 saturated carbocycles. The summed E-state index contributed by atoms with van der Waals surface area (Å²) in [6.07, 6.45) is 0. The smallest absolute Gasteiger partial charge is 0.308 e. The molecule has 5 nitrogen and oxygen atoms in total. The normalized spacial score (nSPS) is 21.7. The first-order valence-corrected chi connectivity index (χ1v) is 8.88. The predicted molar refractivity (Wildman–Crippen MR) is 96.2 cm³/mol. The predicted octanol–water partition coefficient (Wildman–Crippen LogP) is 3.31. The lowest BCUT2D eigenvalue weighted by molar-refractivity contribution is -0.141. The van der Waals surface area contributed by atoms with E-state index < -0.39 is 11.9 Å². The molecule has 1 amide bonds. The van der Waals surface area contributed by atoms with Crippen molar-refractivity contribution < 1.29 is 19.4 Å². The molecule has 2 aromatic rings. The van der Waals surface area contributed by atoms with Gasteiger partial charge in [-0.1, -0.05) is 29.8 Å². The second-order valence-electron chi connectivity index (χ2n) is 6.79. The summed E-state index contributed by atoms with van der Waals surface area (Å²) in [5.74, 6) is -1.89. The number of carbonyl (C=O) groups is 2. The van der Waals surface area contributed by atoms with Gasteiger partial charge in [0.25, 0.3) is 5.91 Å². The zero-order valence-corrected chi connectivity index (χ0v) is 14.8. The van der Waals surface area contributed by atoms with Crippen molar-refractivity contribution in [3.8, 4) is 0 Å². The second kappa shape index (κ2) is 6.74. The lowest BCUT2D eigenvalue weighted by atomic mass is 9.89. The molecule has 26 heavy (non-hydrogen) atoms. The first-order chi connectivity index (χ1) is 12.5. The van der Waals surface area contributed by atoms with Crippen LogP contribution in [0.2, 0.25) is 5.02 Å². The van der Waals surface area contributed by atoms with Crippen LogP contribution in [0.4, 0.5) is 0 Å². The van der Waals surface area contributed by atoms with Crippen molar-refractivity contribution in [2.24, 2.45) is 5.92 Å². The average Bonchev–Trinajstić information content (AvgIpc) is 3.28. The van der Waals surface area contributed by atoms with Gasteiger partial charge in [-0.25, -0.2) is 0 Å². The van der Waals surface area contributed by atoms with Crippen molar-refractivity contribution in [2.45, 2.75) is 19.1 Å². The number of aliphatic carboxylic acids is 1. The van der Waals surface area contributed by atoms with E-state index in [2.05, 4.69) is 0 Å². The third kappa shape index (κ3) is 3.08. The van der Waals surface area contributed by atoms with Gasteiger partial charge in [-0.3, -0.25) is 9.59 Å². The molecular weight excluding hydrogens is 354 g/mol. The van der Waals surface area contributed by atoms with Crippen molar-refractivity contribution in [2.75, 3.05) is 13.1 Å². The Morgan fingerprint density at radius 3 is 2.50 bits per heavy atom. The molecule has 2 aliphatic rings. The molecule has 1 saturated heterocycles. The number of fused-ring (bicyclic) bond motifs is 1. The molecule has 0 aromatic heterocycles. The molecule has 0 aliphatic carbocycles. The number of hydrogen-bond acceptors (Lipinski definition) is 3. The standard InChI is InChI=1S/C20H18ClNO4/c21-16-5-3-12(4-6-16)17-8-22(9-18(17)20(24)25)19(23)13-1-2-14-10-26-11-15(14)7-13/h1-7,17-18H,8-11H2,(H,24,25)/t17-,18+/m0/s1. The van der Waals surface area contributed by atoms with Crippen LogP contribution in [-0.2, 0) is 22.7 Å². The van der Waals surface area contributed by atoms with Gasteiger partial charge in [0.15, 0.2) is 0 Å². The highest BCUT2D eigenvalue weighted by molar-refractivity contribution is 6.30. The largest absolute Gasteiger partial charge is 0.481 e. The number of rotatable bonds is 3. The minimum absolute atomic E-state index is 0.137. The van der Waals surface area contributed by atoms with Crippen LogP contribution < -0.4 is 0 Å². The summed E-state index contributed by atoms with van der Waals surface area (Å²) in [7, 11) is 0. The molecule has 2 aromatic carbocycles. The van der Waals surface area contributed by atoms with Gasteiger partial charge in [-0.05, 0) is 41.0 Å². The first kappa shape index (κ1) is 17.1. The average molecular weight is 372 g/mol. The number of carboxylic acid groups (broad SMARTS) is 1. The van der Waals surface area contributed by atoms with Crippen LogP contribution in [0, 0.1) is 5.92 Å². The Balaban J connectivity index is 1.58. The van der Waals surface area contributed by atoms with Gasteiger partial charge in [-0.15, -0.1) is 0 Å². The molecule has 6 heteroatoms. The van der Waals surface area contributed by atoms with Crippen LogP contribution >= 0.6 is 11.6 Å². The molecule has 0 spiro atoms. The summed E-state index contributed by atoms with van der Waals surface area (Å²) in [5.41, 5.74) is 3.60. The molecule has 2 heterocycles. The topological polar surface area (TPSA) is 66.8 Å². The number of ether oxygens (including phenoxy) is 1. The zero-order chi connectivity index (χ0) is 18.3. The van der Waals surface area contributed by atoms with Gasteiger partial charge in [0, 0.05) is 29.6 Å². The van der Waals surface area contributed by atoms with Gasteiger partial charge < -0.3 is 14.7 Å². The third-order valence-corrected chi connectivity index (χ3v) is 5.44. The number of nitrogens with zero attached hydrogens (tertiary/aromatic N) is 1. The van der Waals surface area contributed by atoms with Gasteiger partial charge in [0.05, 0.1) is 19.1 Å². The highest BCUT2D eigenvalue weighted by Crippen LogP contribution is 2.34. The highest BCUT2D eigenvalue weighted by atomic mass is 35.5. The Labute approximate surface area is 156 Å². The molecule has 4 rings (SSSR count). The summed E-state index contributed by atoms with van der Waals surface area (Å²) in [6, 6.07) is 12.7. The zero-order valence-electron chi connectivity index (χ0n) is 14.0. The van der Waals surface area contributed by atoms with Crippen molar-refractivity contribution in [3.63, 3.8) is 0 Å². The number of halogens is 1. The number of likely N-dealkylation sites (tertiary alicyclic amines) is 1.